The molecular formula is C17H11FN4OS2. The Morgan fingerprint density at radius 3 is 2.76 bits per heavy atom. The van der Waals surface area contributed by atoms with Crippen LogP contribution in [0.4, 0.5) is 9.52 Å². The second-order valence-electron chi connectivity index (χ2n) is 5.22. The molecule has 124 valence electrons. The molecule has 1 N–H and O–H groups in total. The van der Waals surface area contributed by atoms with Crippen LogP contribution in [0.25, 0.3) is 10.2 Å². The summed E-state index contributed by atoms with van der Waals surface area (Å²) >= 11 is 2.90. The lowest BCUT2D eigenvalue weighted by atomic mass is 10.2. The Hall–Kier alpha value is -2.71. The molecule has 1 amide bonds. The SMILES string of the molecule is O=C(Nc1nnc(Cc2nc3ccccc3s2)s1)c1cccc(F)c1. The van der Waals surface area contributed by atoms with Gasteiger partial charge in [-0.25, -0.2) is 9.37 Å². The predicted molar refractivity (Wildman–Crippen MR) is 96.7 cm³/mol. The fourth-order valence-corrected chi connectivity index (χ4v) is 4.10. The van der Waals surface area contributed by atoms with E-state index in [4.69, 9.17) is 0 Å². The van der Waals surface area contributed by atoms with Crippen molar-refractivity contribution < 1.29 is 9.18 Å². The van der Waals surface area contributed by atoms with Gasteiger partial charge in [-0.15, -0.1) is 21.5 Å². The van der Waals surface area contributed by atoms with E-state index in [2.05, 4.69) is 20.5 Å². The van der Waals surface area contributed by atoms with Crippen molar-refractivity contribution in [3.63, 3.8) is 0 Å². The van der Waals surface area contributed by atoms with Crippen molar-refractivity contribution in [3.05, 3.63) is 69.9 Å². The highest BCUT2D eigenvalue weighted by atomic mass is 32.1. The summed E-state index contributed by atoms with van der Waals surface area (Å²) in [4.78, 5) is 16.7. The number of hydrogen-bond acceptors (Lipinski definition) is 6. The lowest BCUT2D eigenvalue weighted by Gasteiger charge is -2.00. The van der Waals surface area contributed by atoms with E-state index in [0.29, 0.717) is 11.6 Å². The summed E-state index contributed by atoms with van der Waals surface area (Å²) in [6.07, 6.45) is 0.562. The number of benzene rings is 2. The maximum Gasteiger partial charge on any atom is 0.257 e. The van der Waals surface area contributed by atoms with Crippen LogP contribution in [-0.2, 0) is 6.42 Å². The number of aromatic nitrogens is 3. The second-order valence-corrected chi connectivity index (χ2v) is 7.39. The Bertz CT molecular complexity index is 1030. The molecule has 0 bridgehead atoms. The zero-order valence-electron chi connectivity index (χ0n) is 12.8. The van der Waals surface area contributed by atoms with E-state index in [0.717, 1.165) is 20.2 Å². The van der Waals surface area contributed by atoms with Crippen molar-refractivity contribution in [2.45, 2.75) is 6.42 Å². The number of halogens is 1. The van der Waals surface area contributed by atoms with E-state index in [1.807, 2.05) is 24.3 Å². The van der Waals surface area contributed by atoms with E-state index >= 15 is 0 Å². The topological polar surface area (TPSA) is 67.8 Å². The van der Waals surface area contributed by atoms with Gasteiger partial charge in [-0.05, 0) is 30.3 Å². The molecular weight excluding hydrogens is 359 g/mol. The highest BCUT2D eigenvalue weighted by Crippen LogP contribution is 2.25. The number of carbonyl (C=O) groups excluding carboxylic acids is 1. The van der Waals surface area contributed by atoms with Crippen molar-refractivity contribution in [2.24, 2.45) is 0 Å². The molecule has 0 aliphatic rings. The standard InChI is InChI=1S/C17H11FN4OS2/c18-11-5-3-4-10(8-11)16(23)20-17-22-21-15(25-17)9-14-19-12-6-1-2-7-13(12)24-14/h1-8H,9H2,(H,20,22,23). The van der Waals surface area contributed by atoms with Crippen LogP contribution in [0.3, 0.4) is 0 Å². The molecule has 25 heavy (non-hydrogen) atoms. The second kappa shape index (κ2) is 6.66. The van der Waals surface area contributed by atoms with Gasteiger partial charge in [0.2, 0.25) is 5.13 Å². The van der Waals surface area contributed by atoms with Crippen LogP contribution >= 0.6 is 22.7 Å². The Kier molecular flexibility index (Phi) is 4.21. The number of para-hydroxylation sites is 1. The van der Waals surface area contributed by atoms with Crippen LogP contribution in [0.1, 0.15) is 20.4 Å². The van der Waals surface area contributed by atoms with Gasteiger partial charge >= 0.3 is 0 Å². The van der Waals surface area contributed by atoms with Crippen LogP contribution in [0.2, 0.25) is 0 Å². The Morgan fingerprint density at radius 2 is 1.92 bits per heavy atom. The number of carbonyl (C=O) groups is 1. The molecule has 0 aliphatic heterocycles. The normalized spacial score (nSPS) is 10.9. The van der Waals surface area contributed by atoms with Crippen molar-refractivity contribution in [1.82, 2.24) is 15.2 Å². The molecule has 0 aliphatic carbocycles. The summed E-state index contributed by atoms with van der Waals surface area (Å²) in [5.41, 5.74) is 1.20. The maximum absolute atomic E-state index is 13.2. The summed E-state index contributed by atoms with van der Waals surface area (Å²) in [5.74, 6) is -0.872. The first-order valence-electron chi connectivity index (χ1n) is 7.41. The molecule has 4 aromatic rings. The summed E-state index contributed by atoms with van der Waals surface area (Å²) < 4.78 is 14.3. The van der Waals surface area contributed by atoms with Crippen molar-refractivity contribution in [3.8, 4) is 0 Å². The molecule has 2 aromatic carbocycles. The first-order chi connectivity index (χ1) is 12.2. The lowest BCUT2D eigenvalue weighted by Crippen LogP contribution is -2.11. The quantitative estimate of drug-likeness (QED) is 0.586. The number of nitrogens with zero attached hydrogens (tertiary/aromatic N) is 3. The van der Waals surface area contributed by atoms with E-state index in [9.17, 15) is 9.18 Å². The molecule has 0 unspecified atom stereocenters. The van der Waals surface area contributed by atoms with Gasteiger partial charge in [-0.1, -0.05) is 29.5 Å². The van der Waals surface area contributed by atoms with Gasteiger partial charge in [0.1, 0.15) is 15.8 Å². The highest BCUT2D eigenvalue weighted by Gasteiger charge is 2.12. The Balaban J connectivity index is 1.47. The minimum Gasteiger partial charge on any atom is -0.296 e. The van der Waals surface area contributed by atoms with Gasteiger partial charge in [0, 0.05) is 5.56 Å². The highest BCUT2D eigenvalue weighted by molar-refractivity contribution is 7.19. The van der Waals surface area contributed by atoms with E-state index < -0.39 is 11.7 Å². The first kappa shape index (κ1) is 15.8. The van der Waals surface area contributed by atoms with Crippen LogP contribution in [0.5, 0.6) is 0 Å². The molecule has 0 atom stereocenters. The third-order valence-corrected chi connectivity index (χ3v) is 5.29. The lowest BCUT2D eigenvalue weighted by molar-refractivity contribution is 0.102. The summed E-state index contributed by atoms with van der Waals surface area (Å²) in [5, 5.41) is 12.8. The van der Waals surface area contributed by atoms with Gasteiger partial charge in [0.15, 0.2) is 0 Å². The minimum atomic E-state index is -0.457. The van der Waals surface area contributed by atoms with Crippen LogP contribution in [0, 0.1) is 5.82 Å². The van der Waals surface area contributed by atoms with Crippen molar-refractivity contribution in [2.75, 3.05) is 5.32 Å². The van der Waals surface area contributed by atoms with Gasteiger partial charge in [-0.3, -0.25) is 10.1 Å². The summed E-state index contributed by atoms with van der Waals surface area (Å²) in [6, 6.07) is 13.4. The van der Waals surface area contributed by atoms with Crippen LogP contribution in [0.15, 0.2) is 48.5 Å². The molecule has 0 saturated carbocycles. The number of rotatable bonds is 4. The molecule has 0 spiro atoms. The van der Waals surface area contributed by atoms with Crippen molar-refractivity contribution in [1.29, 1.82) is 0 Å². The molecule has 0 radical (unpaired) electrons. The van der Waals surface area contributed by atoms with E-state index in [1.54, 1.807) is 17.4 Å². The molecule has 2 heterocycles. The molecule has 0 fully saturated rings. The average molecular weight is 370 g/mol. The molecule has 4 rings (SSSR count). The molecule has 8 heteroatoms. The summed E-state index contributed by atoms with van der Waals surface area (Å²) in [7, 11) is 0. The molecule has 0 saturated heterocycles. The van der Waals surface area contributed by atoms with Crippen LogP contribution < -0.4 is 5.32 Å². The van der Waals surface area contributed by atoms with Crippen LogP contribution in [-0.4, -0.2) is 21.1 Å². The Morgan fingerprint density at radius 1 is 1.04 bits per heavy atom. The third kappa shape index (κ3) is 3.54. The monoisotopic (exact) mass is 370 g/mol. The van der Waals surface area contributed by atoms with E-state index in [1.165, 1.54) is 29.5 Å². The number of anilines is 1. The summed E-state index contributed by atoms with van der Waals surface area (Å²) in [6.45, 7) is 0. The van der Waals surface area contributed by atoms with Gasteiger partial charge < -0.3 is 0 Å². The van der Waals surface area contributed by atoms with Gasteiger partial charge in [-0.2, -0.15) is 0 Å². The average Bonchev–Trinajstić information content (AvgIpc) is 3.21. The zero-order valence-corrected chi connectivity index (χ0v) is 14.4. The fraction of sp³-hybridized carbons (Fsp3) is 0.0588. The maximum atomic E-state index is 13.2. The Labute approximate surface area is 150 Å². The minimum absolute atomic E-state index is 0.239. The fourth-order valence-electron chi connectivity index (χ4n) is 2.30. The largest absolute Gasteiger partial charge is 0.296 e. The zero-order chi connectivity index (χ0) is 17.2. The number of thiazole rings is 1. The predicted octanol–water partition coefficient (Wildman–Crippen LogP) is 4.13. The smallest absolute Gasteiger partial charge is 0.257 e. The number of amides is 1. The number of fused-ring (bicyclic) bond motifs is 1. The van der Waals surface area contributed by atoms with Gasteiger partial charge in [0.25, 0.3) is 5.91 Å². The first-order valence-corrected chi connectivity index (χ1v) is 9.04. The molecule has 2 aromatic heterocycles. The van der Waals surface area contributed by atoms with E-state index in [-0.39, 0.29) is 5.56 Å². The third-order valence-electron chi connectivity index (χ3n) is 3.41. The number of hydrogen-bond donors (Lipinski definition) is 1. The van der Waals surface area contributed by atoms with Crippen molar-refractivity contribution >= 4 is 43.9 Å². The van der Waals surface area contributed by atoms with Gasteiger partial charge in [0.05, 0.1) is 16.6 Å². The molecule has 5 nitrogen and oxygen atoms in total. The number of nitrogens with one attached hydrogen (secondary N) is 1.